The van der Waals surface area contributed by atoms with E-state index in [0.717, 1.165) is 66.7 Å². The average Bonchev–Trinajstić information content (AvgIpc) is 0.765. The molecule has 6 aromatic carbocycles. The van der Waals surface area contributed by atoms with Crippen molar-refractivity contribution < 1.29 is 132 Å². The summed E-state index contributed by atoms with van der Waals surface area (Å²) in [4.78, 5) is 171. The van der Waals surface area contributed by atoms with E-state index in [1.165, 1.54) is 60.0 Å². The molecule has 42 nitrogen and oxygen atoms in total. The maximum absolute atomic E-state index is 16.4. The van der Waals surface area contributed by atoms with Crippen molar-refractivity contribution in [2.45, 2.75) is 163 Å². The zero-order chi connectivity index (χ0) is 95.0. The van der Waals surface area contributed by atoms with Gasteiger partial charge in [0.1, 0.15) is 101 Å². The highest BCUT2D eigenvalue weighted by Crippen LogP contribution is 2.50. The van der Waals surface area contributed by atoms with Crippen LogP contribution in [0.1, 0.15) is 111 Å². The Morgan fingerprint density at radius 2 is 1.37 bits per heavy atom. The molecule has 704 valence electrons. The zero-order valence-corrected chi connectivity index (χ0v) is 73.4. The van der Waals surface area contributed by atoms with Crippen molar-refractivity contribution in [3.8, 4) is 57.1 Å². The summed E-state index contributed by atoms with van der Waals surface area (Å²) in [7, 11) is 1.46. The maximum Gasteiger partial charge on any atom is 0.349 e. The Morgan fingerprint density at radius 1 is 0.720 bits per heavy atom. The third kappa shape index (κ3) is 22.6. The van der Waals surface area contributed by atoms with Gasteiger partial charge < -0.3 is 138 Å². The summed E-state index contributed by atoms with van der Waals surface area (Å²) in [5.74, 6) is -17.3. The molecule has 0 radical (unpaired) electrons. The number of aliphatic hydroxyl groups excluding tert-OH is 6. The quantitative estimate of drug-likeness (QED) is 0.0315. The van der Waals surface area contributed by atoms with Gasteiger partial charge in [0.15, 0.2) is 30.5 Å². The van der Waals surface area contributed by atoms with E-state index in [-0.39, 0.29) is 75.1 Å². The van der Waals surface area contributed by atoms with Crippen LogP contribution in [0.25, 0.3) is 17.2 Å². The number of halogens is 3. The van der Waals surface area contributed by atoms with Crippen LogP contribution in [-0.4, -0.2) is 252 Å². The van der Waals surface area contributed by atoms with E-state index in [9.17, 15) is 74.7 Å². The number of aliphatic hydroxyl groups is 6. The monoisotopic (exact) mass is 1890 g/mol. The molecular formula is C87H97Cl3N14O28. The van der Waals surface area contributed by atoms with Gasteiger partial charge in [0.2, 0.25) is 59.3 Å². The molecule has 7 aromatic rings. The van der Waals surface area contributed by atoms with E-state index in [1.807, 2.05) is 13.8 Å². The van der Waals surface area contributed by atoms with Gasteiger partial charge in [0.05, 0.1) is 54.5 Å². The number of amides is 10. The first-order valence-corrected chi connectivity index (χ1v) is 42.8. The molecule has 1 aromatic heterocycles. The molecule has 9 heterocycles. The van der Waals surface area contributed by atoms with Crippen molar-refractivity contribution in [2.75, 3.05) is 58.4 Å². The lowest BCUT2D eigenvalue weighted by molar-refractivity contribution is -0.334. The lowest BCUT2D eigenvalue weighted by Crippen LogP contribution is -2.65. The number of carbonyl (C=O) groups is 10. The van der Waals surface area contributed by atoms with Crippen LogP contribution in [0.4, 0.5) is 5.82 Å². The Kier molecular flexibility index (Phi) is 31.1. The SMILES string of the molecule is CN[C@H](CC(C)C)C(=O)N[C@H]1C(=O)N[C@@H](CC(N)=O)C(=O)N[C@H]2C(=O)N[C@H]3C(=O)N[C@H](C(=O)N[C@@H](C(=O)NOCC(=O)N4CCOCC4)c4cc(O)cc(O)c4-c4cc3ccc4O)[C@H](O)c3ccc(c(Cl)c3)Oc3cc2cc(c3O[C@@H]2O[C@H](CO)[C@@H](O)[C@H](O)[C@H]2O[C@H]2C[C@](C)(NCCn3ccc(NC(=O)/C=C/c4ccc(Cl)cc4)nc3=O)[C@H](O)[C@H](C)O2)Oc2ccc(cc2Cl)[C@H]1O. The van der Waals surface area contributed by atoms with E-state index in [0.29, 0.717) is 10.6 Å². The first kappa shape index (κ1) is 97.3. The second-order valence-electron chi connectivity index (χ2n) is 32.6. The van der Waals surface area contributed by atoms with E-state index >= 15 is 24.0 Å². The van der Waals surface area contributed by atoms with Gasteiger partial charge in [-0.15, -0.1) is 0 Å². The van der Waals surface area contributed by atoms with Crippen LogP contribution in [-0.2, 0) is 78.3 Å². The molecule has 0 unspecified atom stereocenters. The Morgan fingerprint density at radius 3 is 2.02 bits per heavy atom. The highest BCUT2D eigenvalue weighted by atomic mass is 35.5. The normalized spacial score (nSPS) is 25.9. The number of nitrogens with one attached hydrogen (secondary N) is 10. The molecule has 18 atom stereocenters. The molecule has 8 aliphatic rings. The Bertz CT molecular complexity index is 5640. The number of morpholine rings is 1. The smallest absolute Gasteiger partial charge is 0.349 e. The van der Waals surface area contributed by atoms with Crippen LogP contribution in [0.2, 0.25) is 15.1 Å². The van der Waals surface area contributed by atoms with E-state index in [1.54, 1.807) is 31.2 Å². The van der Waals surface area contributed by atoms with Crippen LogP contribution >= 0.6 is 34.8 Å². The Labute approximate surface area is 766 Å². The van der Waals surface area contributed by atoms with Crippen LogP contribution in [0.5, 0.6) is 46.0 Å². The number of carbonyl (C=O) groups excluding carboxylic acids is 10. The fourth-order valence-corrected chi connectivity index (χ4v) is 16.4. The van der Waals surface area contributed by atoms with Gasteiger partial charge in [0.25, 0.3) is 11.8 Å². The highest BCUT2D eigenvalue weighted by molar-refractivity contribution is 6.32. The van der Waals surface area contributed by atoms with Gasteiger partial charge in [-0.3, -0.25) is 57.4 Å². The van der Waals surface area contributed by atoms with Crippen LogP contribution in [0, 0.1) is 5.92 Å². The Hall–Kier alpha value is -12.2. The number of hydroxylamine groups is 1. The molecule has 132 heavy (non-hydrogen) atoms. The number of hydrogen-bond donors (Lipinski definition) is 20. The molecular weight excluding hydrogens is 1800 g/mol. The molecule has 0 spiro atoms. The summed E-state index contributed by atoms with van der Waals surface area (Å²) in [5.41, 5.74) is 3.43. The summed E-state index contributed by atoms with van der Waals surface area (Å²) in [6.07, 6.45) is -15.6. The van der Waals surface area contributed by atoms with Crippen LogP contribution in [0.3, 0.4) is 0 Å². The number of aromatic hydroxyl groups is 3. The van der Waals surface area contributed by atoms with Gasteiger partial charge in [-0.25, -0.2) is 10.3 Å². The lowest BCUT2D eigenvalue weighted by Gasteiger charge is -2.48. The predicted octanol–water partition coefficient (Wildman–Crippen LogP) is 1.12. The van der Waals surface area contributed by atoms with Crippen molar-refractivity contribution >= 4 is 106 Å². The topological polar surface area (TPSA) is 611 Å². The third-order valence-electron chi connectivity index (χ3n) is 22.8. The number of ether oxygens (including phenoxy) is 7. The average molecular weight is 1890 g/mol. The largest absolute Gasteiger partial charge is 0.508 e. The molecule has 21 N–H and O–H groups in total. The number of rotatable bonds is 23. The van der Waals surface area contributed by atoms with Crippen molar-refractivity contribution in [3.05, 3.63) is 180 Å². The third-order valence-corrected chi connectivity index (χ3v) is 23.6. The maximum atomic E-state index is 16.4. The number of nitrogens with zero attached hydrogens (tertiary/aromatic N) is 3. The van der Waals surface area contributed by atoms with E-state index in [2.05, 4.69) is 58.3 Å². The van der Waals surface area contributed by atoms with Crippen molar-refractivity contribution in [3.63, 3.8) is 0 Å². The number of hydrogen-bond acceptors (Lipinski definition) is 31. The van der Waals surface area contributed by atoms with Gasteiger partial charge >= 0.3 is 5.69 Å². The second kappa shape index (κ2) is 42.1. The van der Waals surface area contributed by atoms with Crippen molar-refractivity contribution in [1.82, 2.24) is 62.5 Å². The second-order valence-corrected chi connectivity index (χ2v) is 33.9. The van der Waals surface area contributed by atoms with Crippen LogP contribution in [0.15, 0.2) is 126 Å². The molecule has 11 bridgehead atoms. The molecule has 0 saturated carbocycles. The Balaban J connectivity index is 0.934. The highest BCUT2D eigenvalue weighted by Gasteiger charge is 2.53. The standard InChI is InChI=1S/C87H97Cl3N14O28/c1-38(2)26-51(92-5)78(117)100-69-71(112)42-10-15-55(49(89)28-42)128-57-30-44-31-58(75(57)132-85-76(74(115)73(114)59(36-105)130-85)131-64-35-87(4,77(116)39(3)127-64)93-19-21-104-20-18-61(96-86(104)124)95-62(110)17-8-40-6-12-45(88)13-7-40)129-56-16-11-43(29-50(56)90)72(113)70-83(122)99-68(84(123)102-126-37-63(111)103-22-24-125-25-23-103)48-32-46(106)33-54(108)65(48)47-27-41(9-14-53(47)107)66(80(119)101-70)98-81(120)67(44)97-79(118)52(34-60(91)109)94-82(69)121/h6-18,20,27-33,38-39,51-52,59,64,66-74,76-77,85,92-93,105-108,112-116H,19,21-26,34-37H2,1-5H3,(H2,91,109)(H,94,121)(H,97,118)(H,98,120)(H,99,122)(H,100,117)(H,101,119)(H,102,123)(H,95,96,110,124)/b17-8+/t39-,51+,52-,59+,64-,66+,67+,68+,69+,70-,71+,72+,73+,74-,76+,77+,85-,87-/m0/s1. The number of nitrogens with two attached hydrogens (primary N) is 1. The molecule has 3 fully saturated rings. The summed E-state index contributed by atoms with van der Waals surface area (Å²) in [6, 6.07) is 7.07. The number of likely N-dealkylation sites (N-methyl/N-ethyl adjacent to an activating group) is 1. The van der Waals surface area contributed by atoms with Crippen molar-refractivity contribution in [1.29, 1.82) is 0 Å². The van der Waals surface area contributed by atoms with Gasteiger partial charge in [-0.2, -0.15) is 4.98 Å². The van der Waals surface area contributed by atoms with E-state index < -0.39 is 277 Å². The van der Waals surface area contributed by atoms with Gasteiger partial charge in [0, 0.05) is 72.6 Å². The minimum atomic E-state index is -2.42. The number of phenols is 3. The fourth-order valence-electron chi connectivity index (χ4n) is 15.8. The minimum absolute atomic E-state index is 0.0431. The molecule has 45 heteroatoms. The molecule has 8 aliphatic heterocycles. The van der Waals surface area contributed by atoms with E-state index in [4.69, 9.17) is 78.5 Å². The minimum Gasteiger partial charge on any atom is -0.508 e. The number of aromatic nitrogens is 2. The summed E-state index contributed by atoms with van der Waals surface area (Å²) < 4.78 is 46.1. The summed E-state index contributed by atoms with van der Waals surface area (Å²) in [5, 5.41) is 130. The number of fused-ring (bicyclic) bond motifs is 15. The van der Waals surface area contributed by atoms with Crippen molar-refractivity contribution in [2.24, 2.45) is 11.7 Å². The predicted molar refractivity (Wildman–Crippen MR) is 465 cm³/mol. The first-order valence-electron chi connectivity index (χ1n) is 41.6. The summed E-state index contributed by atoms with van der Waals surface area (Å²) >= 11 is 20.4. The van der Waals surface area contributed by atoms with Gasteiger partial charge in [-0.05, 0) is 145 Å². The zero-order valence-electron chi connectivity index (χ0n) is 71.1. The molecule has 15 rings (SSSR count). The number of benzene rings is 6. The first-order chi connectivity index (χ1) is 62.8. The van der Waals surface area contributed by atoms with Crippen LogP contribution < -0.4 is 79.0 Å². The van der Waals surface area contributed by atoms with Gasteiger partial charge in [-0.1, -0.05) is 79.0 Å². The number of anilines is 1. The molecule has 3 saturated heterocycles. The number of primary amides is 1. The molecule has 10 amide bonds. The summed E-state index contributed by atoms with van der Waals surface area (Å²) in [6.45, 7) is 5.49. The number of phenolic OH excluding ortho intramolecular Hbond substituents is 3. The molecule has 0 aliphatic carbocycles. The fraction of sp³-hybridized carbons (Fsp3) is 0.402. The lowest BCUT2D eigenvalue weighted by atomic mass is 9.85.